The van der Waals surface area contributed by atoms with Crippen molar-refractivity contribution in [1.82, 2.24) is 4.90 Å². The smallest absolute Gasteiger partial charge is 0.118 e. The van der Waals surface area contributed by atoms with Crippen LogP contribution < -0.4 is 0 Å². The lowest BCUT2D eigenvalue weighted by Gasteiger charge is -2.50. The van der Waals surface area contributed by atoms with E-state index in [1.165, 1.54) is 45.2 Å². The lowest BCUT2D eigenvalue weighted by Crippen LogP contribution is -2.54. The molecule has 0 radical (unpaired) electrons. The van der Waals surface area contributed by atoms with E-state index in [4.69, 9.17) is 4.74 Å². The largest absolute Gasteiger partial charge is 0.382 e. The molecule has 3 saturated heterocycles. The van der Waals surface area contributed by atoms with Crippen LogP contribution in [0.15, 0.2) is 30.3 Å². The fourth-order valence-electron chi connectivity index (χ4n) is 5.39. The molecule has 1 aromatic carbocycles. The Kier molecular flexibility index (Phi) is 4.91. The van der Waals surface area contributed by atoms with Gasteiger partial charge in [-0.15, -0.1) is 0 Å². The molecule has 1 aromatic rings. The fourth-order valence-corrected chi connectivity index (χ4v) is 5.39. The van der Waals surface area contributed by atoms with E-state index >= 15 is 0 Å². The third-order valence-corrected chi connectivity index (χ3v) is 7.31. The van der Waals surface area contributed by atoms with Gasteiger partial charge in [-0.3, -0.25) is 0 Å². The van der Waals surface area contributed by atoms with Gasteiger partial charge in [0.05, 0.1) is 12.7 Å². The summed E-state index contributed by atoms with van der Waals surface area (Å²) < 4.78 is 6.46. The fraction of sp³-hybridized carbons (Fsp3) is 0.727. The monoisotopic (exact) mass is 343 g/mol. The van der Waals surface area contributed by atoms with Gasteiger partial charge in [-0.25, -0.2) is 0 Å². The van der Waals surface area contributed by atoms with Gasteiger partial charge in [0.25, 0.3) is 0 Å². The Morgan fingerprint density at radius 1 is 1.12 bits per heavy atom. The summed E-state index contributed by atoms with van der Waals surface area (Å²) in [4.78, 5) is 2.52. The van der Waals surface area contributed by atoms with Crippen LogP contribution in [0.2, 0.25) is 0 Å². The number of hydrogen-bond acceptors (Lipinski definition) is 3. The maximum absolute atomic E-state index is 11.9. The second-order valence-electron chi connectivity index (χ2n) is 8.84. The van der Waals surface area contributed by atoms with Gasteiger partial charge < -0.3 is 14.7 Å². The molecule has 3 aliphatic heterocycles. The molecular weight excluding hydrogens is 310 g/mol. The third-order valence-electron chi connectivity index (χ3n) is 7.31. The van der Waals surface area contributed by atoms with Gasteiger partial charge in [-0.2, -0.15) is 0 Å². The van der Waals surface area contributed by atoms with Crippen molar-refractivity contribution >= 4 is 0 Å². The second kappa shape index (κ2) is 7.02. The molecule has 3 heteroatoms. The van der Waals surface area contributed by atoms with Gasteiger partial charge >= 0.3 is 0 Å². The van der Waals surface area contributed by atoms with Gasteiger partial charge in [0.15, 0.2) is 0 Å². The van der Waals surface area contributed by atoms with Crippen LogP contribution in [0.1, 0.15) is 57.4 Å². The molecule has 3 nitrogen and oxygen atoms in total. The average Bonchev–Trinajstić information content (AvgIpc) is 2.68. The first-order chi connectivity index (χ1) is 12.1. The van der Waals surface area contributed by atoms with Crippen LogP contribution in [0.25, 0.3) is 0 Å². The topological polar surface area (TPSA) is 32.7 Å². The second-order valence-corrected chi connectivity index (χ2v) is 8.84. The first-order valence-corrected chi connectivity index (χ1v) is 10.2. The number of hydrogen-bond donors (Lipinski definition) is 1. The summed E-state index contributed by atoms with van der Waals surface area (Å²) in [6, 6.07) is 10.3. The molecule has 138 valence electrons. The van der Waals surface area contributed by atoms with Crippen molar-refractivity contribution in [2.75, 3.05) is 26.2 Å². The van der Waals surface area contributed by atoms with E-state index in [0.717, 1.165) is 24.9 Å². The SMILES string of the molecule is CC1(C(O)(COC2CN3CCC2CC3)c2ccccc2)CCCCC1. The molecule has 1 aliphatic carbocycles. The Morgan fingerprint density at radius 3 is 2.40 bits per heavy atom. The van der Waals surface area contributed by atoms with Crippen molar-refractivity contribution in [3.63, 3.8) is 0 Å². The Morgan fingerprint density at radius 2 is 1.80 bits per heavy atom. The molecule has 2 unspecified atom stereocenters. The molecule has 1 saturated carbocycles. The van der Waals surface area contributed by atoms with Gasteiger partial charge in [-0.1, -0.05) is 56.5 Å². The zero-order chi connectivity index (χ0) is 17.3. The van der Waals surface area contributed by atoms with Crippen molar-refractivity contribution in [3.05, 3.63) is 35.9 Å². The Hall–Kier alpha value is -0.900. The molecule has 5 rings (SSSR count). The molecule has 0 amide bonds. The van der Waals surface area contributed by atoms with Crippen molar-refractivity contribution in [2.45, 2.75) is 63.6 Å². The minimum absolute atomic E-state index is 0.0967. The molecular formula is C22H33NO2. The number of benzene rings is 1. The van der Waals surface area contributed by atoms with Gasteiger partial charge in [-0.05, 0) is 50.3 Å². The van der Waals surface area contributed by atoms with E-state index in [0.29, 0.717) is 18.6 Å². The molecule has 4 aliphatic rings. The van der Waals surface area contributed by atoms with Crippen LogP contribution in [0.5, 0.6) is 0 Å². The van der Waals surface area contributed by atoms with Gasteiger partial charge in [0.2, 0.25) is 0 Å². The first kappa shape index (κ1) is 17.5. The summed E-state index contributed by atoms with van der Waals surface area (Å²) in [7, 11) is 0. The molecule has 0 aromatic heterocycles. The summed E-state index contributed by atoms with van der Waals surface area (Å²) in [5.41, 5.74) is 0.0436. The van der Waals surface area contributed by atoms with Crippen LogP contribution in [0.3, 0.4) is 0 Å². The lowest BCUT2D eigenvalue weighted by molar-refractivity contribution is -0.177. The quantitative estimate of drug-likeness (QED) is 0.878. The molecule has 2 bridgehead atoms. The van der Waals surface area contributed by atoms with Crippen LogP contribution in [0, 0.1) is 11.3 Å². The summed E-state index contributed by atoms with van der Waals surface area (Å²) in [6.45, 7) is 6.21. The molecule has 0 spiro atoms. The third kappa shape index (κ3) is 3.27. The zero-order valence-electron chi connectivity index (χ0n) is 15.6. The summed E-state index contributed by atoms with van der Waals surface area (Å²) in [5.74, 6) is 0.684. The van der Waals surface area contributed by atoms with Crippen LogP contribution >= 0.6 is 0 Å². The van der Waals surface area contributed by atoms with Crippen molar-refractivity contribution in [2.24, 2.45) is 11.3 Å². The lowest BCUT2D eigenvalue weighted by atomic mass is 9.62. The number of piperidine rings is 3. The van der Waals surface area contributed by atoms with Gasteiger partial charge in [0, 0.05) is 12.0 Å². The molecule has 3 heterocycles. The highest BCUT2D eigenvalue weighted by Crippen LogP contribution is 2.50. The van der Waals surface area contributed by atoms with E-state index in [2.05, 4.69) is 24.0 Å². The van der Waals surface area contributed by atoms with Crippen molar-refractivity contribution < 1.29 is 9.84 Å². The Labute approximate surface area is 152 Å². The maximum atomic E-state index is 11.9. The van der Waals surface area contributed by atoms with Crippen LogP contribution in [-0.4, -0.2) is 42.4 Å². The molecule has 2 atom stereocenters. The molecule has 4 fully saturated rings. The highest BCUT2D eigenvalue weighted by Gasteiger charge is 2.49. The average molecular weight is 344 g/mol. The number of aliphatic hydroxyl groups is 1. The highest BCUT2D eigenvalue weighted by atomic mass is 16.5. The molecule has 25 heavy (non-hydrogen) atoms. The van der Waals surface area contributed by atoms with Crippen LogP contribution in [-0.2, 0) is 10.3 Å². The number of rotatable bonds is 5. The highest BCUT2D eigenvalue weighted by molar-refractivity contribution is 5.26. The predicted molar refractivity (Wildman–Crippen MR) is 100 cm³/mol. The normalized spacial score (nSPS) is 33.8. The van der Waals surface area contributed by atoms with Gasteiger partial charge in [0.1, 0.15) is 5.60 Å². The number of fused-ring (bicyclic) bond motifs is 3. The number of nitrogens with zero attached hydrogens (tertiary/aromatic N) is 1. The molecule has 1 N–H and O–H groups in total. The Balaban J connectivity index is 1.55. The first-order valence-electron chi connectivity index (χ1n) is 10.2. The van der Waals surface area contributed by atoms with Crippen LogP contribution in [0.4, 0.5) is 0 Å². The minimum Gasteiger partial charge on any atom is -0.382 e. The maximum Gasteiger partial charge on any atom is 0.118 e. The van der Waals surface area contributed by atoms with E-state index in [9.17, 15) is 5.11 Å². The standard InChI is InChI=1S/C22H33NO2/c1-21(12-6-3-7-13-21)22(24,19-8-4-2-5-9-19)17-25-20-16-23-14-10-18(20)11-15-23/h2,4-5,8-9,18,20,24H,3,6-7,10-17H2,1H3. The van der Waals surface area contributed by atoms with E-state index < -0.39 is 5.60 Å². The summed E-state index contributed by atoms with van der Waals surface area (Å²) >= 11 is 0. The zero-order valence-corrected chi connectivity index (χ0v) is 15.6. The minimum atomic E-state index is -0.888. The summed E-state index contributed by atoms with van der Waals surface area (Å²) in [5, 5.41) is 11.9. The Bertz CT molecular complexity index is 561. The summed E-state index contributed by atoms with van der Waals surface area (Å²) in [6.07, 6.45) is 8.70. The van der Waals surface area contributed by atoms with Crippen molar-refractivity contribution in [3.8, 4) is 0 Å². The number of ether oxygens (including phenoxy) is 1. The van der Waals surface area contributed by atoms with E-state index in [-0.39, 0.29) is 5.41 Å². The van der Waals surface area contributed by atoms with E-state index in [1.54, 1.807) is 0 Å². The van der Waals surface area contributed by atoms with E-state index in [1.807, 2.05) is 18.2 Å². The predicted octanol–water partition coefficient (Wildman–Crippen LogP) is 3.96. The van der Waals surface area contributed by atoms with Crippen molar-refractivity contribution in [1.29, 1.82) is 0 Å².